The Morgan fingerprint density at radius 2 is 2.00 bits per heavy atom. The highest BCUT2D eigenvalue weighted by Gasteiger charge is 2.28. The molecule has 1 unspecified atom stereocenters. The van der Waals surface area contributed by atoms with Crippen molar-refractivity contribution in [3.63, 3.8) is 0 Å². The smallest absolute Gasteiger partial charge is 0.339 e. The van der Waals surface area contributed by atoms with Gasteiger partial charge in [0, 0.05) is 17.9 Å². The van der Waals surface area contributed by atoms with Crippen LogP contribution in [-0.4, -0.2) is 43.4 Å². The molecule has 2 heterocycles. The maximum Gasteiger partial charge on any atom is 0.339 e. The maximum atomic E-state index is 12.9. The van der Waals surface area contributed by atoms with E-state index >= 15 is 0 Å². The fourth-order valence-electron chi connectivity index (χ4n) is 3.50. The Bertz CT molecular complexity index is 1260. The van der Waals surface area contributed by atoms with Gasteiger partial charge in [0.25, 0.3) is 5.91 Å². The second kappa shape index (κ2) is 9.15. The van der Waals surface area contributed by atoms with Crippen LogP contribution in [0.15, 0.2) is 52.9 Å². The number of nitrogens with one attached hydrogen (secondary N) is 2. The first kappa shape index (κ1) is 22.1. The molecular weight excluding hydrogens is 452 g/mol. The number of sulfonamides is 1. The van der Waals surface area contributed by atoms with Crippen molar-refractivity contribution in [3.05, 3.63) is 69.7 Å². The van der Waals surface area contributed by atoms with Gasteiger partial charge in [0.1, 0.15) is 0 Å². The van der Waals surface area contributed by atoms with Crippen LogP contribution in [0, 0.1) is 0 Å². The molecule has 11 heteroatoms. The zero-order valence-electron chi connectivity index (χ0n) is 17.1. The Labute approximate surface area is 188 Å². The fourth-order valence-corrected chi connectivity index (χ4v) is 5.59. The molecule has 166 valence electrons. The highest BCUT2D eigenvalue weighted by Crippen LogP contribution is 2.23. The molecule has 1 aliphatic rings. The first-order chi connectivity index (χ1) is 15.4. The summed E-state index contributed by atoms with van der Waals surface area (Å²) in [4.78, 5) is 33.2. The number of carbonyl (C=O) groups is 2. The number of aromatic nitrogens is 2. The molecule has 1 aliphatic carbocycles. The van der Waals surface area contributed by atoms with Gasteiger partial charge in [0.05, 0.1) is 22.4 Å². The van der Waals surface area contributed by atoms with E-state index in [0.29, 0.717) is 24.1 Å². The summed E-state index contributed by atoms with van der Waals surface area (Å²) in [6.45, 7) is 0. The van der Waals surface area contributed by atoms with Crippen LogP contribution in [0.25, 0.3) is 0 Å². The van der Waals surface area contributed by atoms with Gasteiger partial charge in [0.15, 0.2) is 0 Å². The number of hydrogen-bond donors (Lipinski definition) is 2. The lowest BCUT2D eigenvalue weighted by molar-refractivity contribution is 0.0596. The monoisotopic (exact) mass is 472 g/mol. The molecule has 1 atom stereocenters. The zero-order valence-corrected chi connectivity index (χ0v) is 18.7. The molecule has 0 saturated heterocycles. The van der Waals surface area contributed by atoms with Crippen molar-refractivity contribution < 1.29 is 22.7 Å². The molecule has 1 amide bonds. The maximum absolute atomic E-state index is 12.9. The number of nitrogens with zero attached hydrogens (tertiary/aromatic N) is 2. The van der Waals surface area contributed by atoms with Gasteiger partial charge in [-0.15, -0.1) is 11.3 Å². The highest BCUT2D eigenvalue weighted by molar-refractivity contribution is 7.89. The van der Waals surface area contributed by atoms with Gasteiger partial charge in [-0.2, -0.15) is 0 Å². The van der Waals surface area contributed by atoms with Crippen LogP contribution < -0.4 is 10.0 Å². The number of carbonyl (C=O) groups excluding carboxylic acids is 2. The van der Waals surface area contributed by atoms with Gasteiger partial charge in [-0.3, -0.25) is 10.1 Å². The number of rotatable bonds is 6. The van der Waals surface area contributed by atoms with E-state index in [1.807, 2.05) is 5.38 Å². The molecule has 4 rings (SSSR count). The summed E-state index contributed by atoms with van der Waals surface area (Å²) in [6.07, 6.45) is 3.04. The standard InChI is InChI=1S/C21H20N4O5S2/c1-30-20(27)15-5-2-3-7-18(15)32(28,29)25-14-8-9-16-13(11-14)12-22-21(23-16)24-19(26)17-6-4-10-31-17/h2-7,10,12,14,25H,8-9,11H2,1H3,(H,22,23,24,26). The third-order valence-corrected chi connectivity index (χ3v) is 7.47. The van der Waals surface area contributed by atoms with Gasteiger partial charge < -0.3 is 4.74 Å². The molecular formula is C21H20N4O5S2. The third-order valence-electron chi connectivity index (χ3n) is 5.02. The van der Waals surface area contributed by atoms with Crippen LogP contribution in [0.1, 0.15) is 37.7 Å². The molecule has 3 aromatic rings. The van der Waals surface area contributed by atoms with Crippen molar-refractivity contribution in [1.29, 1.82) is 0 Å². The van der Waals surface area contributed by atoms with Gasteiger partial charge in [-0.25, -0.2) is 27.9 Å². The summed E-state index contributed by atoms with van der Waals surface area (Å²) in [5.41, 5.74) is 1.55. The minimum Gasteiger partial charge on any atom is -0.465 e. The zero-order chi connectivity index (χ0) is 22.7. The molecule has 0 saturated carbocycles. The van der Waals surface area contributed by atoms with E-state index in [1.165, 1.54) is 30.6 Å². The molecule has 2 N–H and O–H groups in total. The number of aryl methyl sites for hydroxylation is 1. The van der Waals surface area contributed by atoms with Gasteiger partial charge in [-0.05, 0) is 48.4 Å². The SMILES string of the molecule is COC(=O)c1ccccc1S(=O)(=O)NC1CCc2nc(NC(=O)c3cccs3)ncc2C1. The highest BCUT2D eigenvalue weighted by atomic mass is 32.2. The number of amides is 1. The number of benzene rings is 1. The van der Waals surface area contributed by atoms with Gasteiger partial charge in [-0.1, -0.05) is 18.2 Å². The number of hydrogen-bond acceptors (Lipinski definition) is 8. The number of ether oxygens (including phenoxy) is 1. The third kappa shape index (κ3) is 4.69. The largest absolute Gasteiger partial charge is 0.465 e. The molecule has 0 bridgehead atoms. The van der Waals surface area contributed by atoms with E-state index in [1.54, 1.807) is 30.5 Å². The van der Waals surface area contributed by atoms with Crippen LogP contribution in [0.4, 0.5) is 5.95 Å². The Morgan fingerprint density at radius 1 is 1.19 bits per heavy atom. The van der Waals surface area contributed by atoms with Crippen LogP contribution in [-0.2, 0) is 27.6 Å². The quantitative estimate of drug-likeness (QED) is 0.527. The molecule has 0 radical (unpaired) electrons. The second-order valence-corrected chi connectivity index (χ2v) is 9.78. The average Bonchev–Trinajstić information content (AvgIpc) is 3.33. The Morgan fingerprint density at radius 3 is 2.75 bits per heavy atom. The van der Waals surface area contributed by atoms with Crippen LogP contribution in [0.2, 0.25) is 0 Å². The van der Waals surface area contributed by atoms with E-state index in [-0.39, 0.29) is 28.4 Å². The van der Waals surface area contributed by atoms with Crippen LogP contribution in [0.5, 0.6) is 0 Å². The molecule has 0 spiro atoms. The van der Waals surface area contributed by atoms with E-state index in [0.717, 1.165) is 11.3 Å². The lowest BCUT2D eigenvalue weighted by atomic mass is 9.94. The first-order valence-electron chi connectivity index (χ1n) is 9.76. The fraction of sp³-hybridized carbons (Fsp3) is 0.238. The van der Waals surface area contributed by atoms with Gasteiger partial charge in [0.2, 0.25) is 16.0 Å². The summed E-state index contributed by atoms with van der Waals surface area (Å²) in [5.74, 6) is -0.774. The predicted molar refractivity (Wildman–Crippen MR) is 118 cm³/mol. The summed E-state index contributed by atoms with van der Waals surface area (Å²) in [7, 11) is -2.74. The lowest BCUT2D eigenvalue weighted by Crippen LogP contribution is -2.39. The Hall–Kier alpha value is -3.15. The minimum absolute atomic E-state index is 0.0202. The Balaban J connectivity index is 1.47. The molecule has 32 heavy (non-hydrogen) atoms. The lowest BCUT2D eigenvalue weighted by Gasteiger charge is -2.25. The molecule has 9 nitrogen and oxygen atoms in total. The first-order valence-corrected chi connectivity index (χ1v) is 12.1. The van der Waals surface area contributed by atoms with E-state index in [2.05, 4.69) is 20.0 Å². The number of thiophene rings is 1. The molecule has 0 fully saturated rings. The summed E-state index contributed by atoms with van der Waals surface area (Å²) in [6, 6.07) is 9.04. The Kier molecular flexibility index (Phi) is 6.31. The topological polar surface area (TPSA) is 127 Å². The average molecular weight is 473 g/mol. The van der Waals surface area contributed by atoms with E-state index in [9.17, 15) is 18.0 Å². The van der Waals surface area contributed by atoms with Crippen molar-refractivity contribution in [2.45, 2.75) is 30.2 Å². The normalized spacial score (nSPS) is 15.6. The van der Waals surface area contributed by atoms with Crippen molar-refractivity contribution in [3.8, 4) is 0 Å². The van der Waals surface area contributed by atoms with E-state index in [4.69, 9.17) is 4.74 Å². The number of anilines is 1. The number of esters is 1. The van der Waals surface area contributed by atoms with Crippen LogP contribution in [0.3, 0.4) is 0 Å². The number of methoxy groups -OCH3 is 1. The summed E-state index contributed by atoms with van der Waals surface area (Å²) in [5, 5.41) is 4.49. The van der Waals surface area contributed by atoms with E-state index < -0.39 is 16.0 Å². The van der Waals surface area contributed by atoms with Crippen molar-refractivity contribution >= 4 is 39.2 Å². The molecule has 2 aromatic heterocycles. The van der Waals surface area contributed by atoms with Crippen molar-refractivity contribution in [2.75, 3.05) is 12.4 Å². The van der Waals surface area contributed by atoms with Crippen molar-refractivity contribution in [1.82, 2.24) is 14.7 Å². The van der Waals surface area contributed by atoms with Crippen LogP contribution >= 0.6 is 11.3 Å². The van der Waals surface area contributed by atoms with Gasteiger partial charge >= 0.3 is 5.97 Å². The second-order valence-electron chi connectivity index (χ2n) is 7.15. The minimum atomic E-state index is -3.94. The number of fused-ring (bicyclic) bond motifs is 1. The summed E-state index contributed by atoms with van der Waals surface area (Å²) < 4.78 is 33.3. The molecule has 0 aliphatic heterocycles. The predicted octanol–water partition coefficient (Wildman–Crippen LogP) is 2.41. The van der Waals surface area contributed by atoms with Crippen molar-refractivity contribution in [2.24, 2.45) is 0 Å². The summed E-state index contributed by atoms with van der Waals surface area (Å²) >= 11 is 1.33. The molecule has 1 aromatic carbocycles.